The van der Waals surface area contributed by atoms with E-state index in [2.05, 4.69) is 325 Å². The first-order valence-corrected chi connectivity index (χ1v) is 27.5. The minimum Gasteiger partial charge on any atom is -0.309 e. The van der Waals surface area contributed by atoms with Crippen molar-refractivity contribution in [1.29, 1.82) is 0 Å². The number of hydrogen-bond acceptors (Lipinski definition) is 0. The summed E-state index contributed by atoms with van der Waals surface area (Å²) < 4.78 is 4.87. The van der Waals surface area contributed by atoms with Crippen LogP contribution in [0, 0.1) is 0 Å². The van der Waals surface area contributed by atoms with Gasteiger partial charge < -0.3 is 9.13 Å². The third kappa shape index (κ3) is 8.39. The number of benzene rings is 13. The molecule has 0 radical (unpaired) electrons. The van der Waals surface area contributed by atoms with Gasteiger partial charge in [-0.05, 0) is 156 Å². The molecule has 0 spiro atoms. The molecule has 0 saturated heterocycles. The smallest absolute Gasteiger partial charge is 0.0541 e. The number of rotatable bonds is 10. The van der Waals surface area contributed by atoms with Crippen molar-refractivity contribution >= 4 is 43.6 Å². The zero-order valence-electron chi connectivity index (χ0n) is 43.9. The molecule has 15 aromatic rings. The maximum atomic E-state index is 2.45. The third-order valence-electron chi connectivity index (χ3n) is 16.1. The summed E-state index contributed by atoms with van der Waals surface area (Å²) in [6.45, 7) is 0. The molecule has 374 valence electrons. The summed E-state index contributed by atoms with van der Waals surface area (Å²) in [5.74, 6) is 0. The number of aromatic nitrogens is 2. The van der Waals surface area contributed by atoms with Crippen LogP contribution < -0.4 is 0 Å². The van der Waals surface area contributed by atoms with Crippen molar-refractivity contribution in [2.24, 2.45) is 0 Å². The van der Waals surface area contributed by atoms with Gasteiger partial charge in [0.15, 0.2) is 0 Å². The lowest BCUT2D eigenvalue weighted by atomic mass is 9.94. The second kappa shape index (κ2) is 19.8. The first kappa shape index (κ1) is 46.7. The fourth-order valence-electron chi connectivity index (χ4n) is 12.2. The van der Waals surface area contributed by atoms with Crippen LogP contribution in [0.1, 0.15) is 0 Å². The lowest BCUT2D eigenvalue weighted by Gasteiger charge is -2.15. The minimum absolute atomic E-state index is 1.15. The molecule has 0 amide bonds. The molecule has 15 rings (SSSR count). The van der Waals surface area contributed by atoms with Crippen LogP contribution in [-0.4, -0.2) is 9.13 Å². The first-order valence-electron chi connectivity index (χ1n) is 27.5. The fourth-order valence-corrected chi connectivity index (χ4v) is 12.2. The van der Waals surface area contributed by atoms with E-state index in [0.29, 0.717) is 0 Å². The van der Waals surface area contributed by atoms with Gasteiger partial charge in [-0.2, -0.15) is 0 Å². The largest absolute Gasteiger partial charge is 0.309 e. The van der Waals surface area contributed by atoms with Gasteiger partial charge in [-0.15, -0.1) is 0 Å². The van der Waals surface area contributed by atoms with Crippen LogP contribution in [0.15, 0.2) is 315 Å². The molecule has 0 atom stereocenters. The SMILES string of the molecule is c1ccc(-c2cccc(-c3ccc(-c4cccc(-c5cccc(-c6ccc(-c7ccccc7-n7c8ccccc8c8cc(-c9ccc%10c(c9)c9ccccc9n%10-c9cccc(-c%10ccccc%10)c9)ccc87)cc6)c5)c4)cc3)c2)cc1. The maximum absolute atomic E-state index is 2.45. The van der Waals surface area contributed by atoms with Crippen LogP contribution in [-0.2, 0) is 0 Å². The molecule has 0 aliphatic heterocycles. The Hall–Kier alpha value is -10.5. The van der Waals surface area contributed by atoms with Crippen molar-refractivity contribution in [3.05, 3.63) is 315 Å². The van der Waals surface area contributed by atoms with Crippen LogP contribution in [0.4, 0.5) is 0 Å². The van der Waals surface area contributed by atoms with Crippen LogP contribution in [0.3, 0.4) is 0 Å². The Morgan fingerprint density at radius 1 is 0.163 bits per heavy atom. The molecule has 0 unspecified atom stereocenters. The summed E-state index contributed by atoms with van der Waals surface area (Å²) in [4.78, 5) is 0. The van der Waals surface area contributed by atoms with Gasteiger partial charge in [0, 0.05) is 32.8 Å². The molecule has 0 bridgehead atoms. The van der Waals surface area contributed by atoms with Crippen molar-refractivity contribution in [2.75, 3.05) is 0 Å². The molecule has 2 nitrogen and oxygen atoms in total. The number of para-hydroxylation sites is 3. The van der Waals surface area contributed by atoms with Crippen LogP contribution in [0.2, 0.25) is 0 Å². The van der Waals surface area contributed by atoms with Gasteiger partial charge >= 0.3 is 0 Å². The van der Waals surface area contributed by atoms with Crippen LogP contribution in [0.5, 0.6) is 0 Å². The van der Waals surface area contributed by atoms with E-state index >= 15 is 0 Å². The molecule has 2 heteroatoms. The van der Waals surface area contributed by atoms with Gasteiger partial charge in [-0.3, -0.25) is 0 Å². The topological polar surface area (TPSA) is 9.86 Å². The summed E-state index contributed by atoms with van der Waals surface area (Å²) in [5, 5.41) is 4.94. The summed E-state index contributed by atoms with van der Waals surface area (Å²) in [6, 6.07) is 115. The van der Waals surface area contributed by atoms with Crippen molar-refractivity contribution in [1.82, 2.24) is 9.13 Å². The van der Waals surface area contributed by atoms with E-state index in [1.165, 1.54) is 133 Å². The Kier molecular flexibility index (Phi) is 11.6. The normalized spacial score (nSPS) is 11.5. The highest BCUT2D eigenvalue weighted by molar-refractivity contribution is 6.13. The Labute approximate surface area is 466 Å². The zero-order chi connectivity index (χ0) is 52.9. The van der Waals surface area contributed by atoms with E-state index in [0.717, 1.165) is 11.4 Å². The van der Waals surface area contributed by atoms with Crippen molar-refractivity contribution < 1.29 is 0 Å². The van der Waals surface area contributed by atoms with Gasteiger partial charge in [0.05, 0.1) is 27.8 Å². The lowest BCUT2D eigenvalue weighted by Crippen LogP contribution is -1.97. The van der Waals surface area contributed by atoms with Gasteiger partial charge in [0.25, 0.3) is 0 Å². The number of nitrogens with zero attached hydrogens (tertiary/aromatic N) is 2. The molecule has 80 heavy (non-hydrogen) atoms. The lowest BCUT2D eigenvalue weighted by molar-refractivity contribution is 1.18. The first-order chi connectivity index (χ1) is 39.6. The molecular weight excluding hydrogens is 965 g/mol. The fraction of sp³-hybridized carbons (Fsp3) is 0. The molecule has 0 aliphatic rings. The summed E-state index contributed by atoms with van der Waals surface area (Å²) in [5.41, 5.74) is 26.2. The highest BCUT2D eigenvalue weighted by atomic mass is 15.0. The van der Waals surface area contributed by atoms with E-state index in [9.17, 15) is 0 Å². The maximum Gasteiger partial charge on any atom is 0.0541 e. The standard InChI is InChI=1S/C78H52N2/c1-3-17-53(18-4-1)59-21-13-22-60(47-59)55-35-37-56(38-36-55)61-23-14-25-63(48-61)64-26-15-24-62(49-64)57-39-41-58(42-40-57)69-29-7-10-32-74(69)80-76-34-12-9-31-71(76)73-52-67(44-46-78(73)80)66-43-45-77-72(51-66)70-30-8-11-33-75(70)79(77)68-28-16-27-65(50-68)54-19-5-2-6-20-54/h1-52H. The predicted octanol–water partition coefficient (Wildman–Crippen LogP) is 21.2. The van der Waals surface area contributed by atoms with Gasteiger partial charge in [-0.25, -0.2) is 0 Å². The highest BCUT2D eigenvalue weighted by Gasteiger charge is 2.19. The van der Waals surface area contributed by atoms with Gasteiger partial charge in [0.1, 0.15) is 0 Å². The van der Waals surface area contributed by atoms with E-state index < -0.39 is 0 Å². The second-order valence-corrected chi connectivity index (χ2v) is 20.9. The summed E-state index contributed by atoms with van der Waals surface area (Å²) in [7, 11) is 0. The number of fused-ring (bicyclic) bond motifs is 6. The Morgan fingerprint density at radius 3 is 0.975 bits per heavy atom. The zero-order valence-corrected chi connectivity index (χ0v) is 43.9. The quantitative estimate of drug-likeness (QED) is 0.129. The summed E-state index contributed by atoms with van der Waals surface area (Å²) in [6.07, 6.45) is 0. The van der Waals surface area contributed by atoms with Crippen molar-refractivity contribution in [2.45, 2.75) is 0 Å². The predicted molar refractivity (Wildman–Crippen MR) is 339 cm³/mol. The molecule has 13 aromatic carbocycles. The molecule has 0 N–H and O–H groups in total. The molecule has 0 saturated carbocycles. The molecule has 0 aliphatic carbocycles. The molecule has 2 heterocycles. The van der Waals surface area contributed by atoms with Gasteiger partial charge in [-0.1, -0.05) is 243 Å². The number of hydrogen-bond donors (Lipinski definition) is 0. The highest BCUT2D eigenvalue weighted by Crippen LogP contribution is 2.41. The van der Waals surface area contributed by atoms with E-state index in [-0.39, 0.29) is 0 Å². The Morgan fingerprint density at radius 2 is 0.475 bits per heavy atom. The van der Waals surface area contributed by atoms with E-state index in [1.807, 2.05) is 0 Å². The summed E-state index contributed by atoms with van der Waals surface area (Å²) >= 11 is 0. The Balaban J connectivity index is 0.723. The van der Waals surface area contributed by atoms with Crippen LogP contribution >= 0.6 is 0 Å². The third-order valence-corrected chi connectivity index (χ3v) is 16.1. The van der Waals surface area contributed by atoms with E-state index in [4.69, 9.17) is 0 Å². The van der Waals surface area contributed by atoms with Crippen LogP contribution in [0.25, 0.3) is 144 Å². The monoisotopic (exact) mass is 1020 g/mol. The minimum atomic E-state index is 1.15. The van der Waals surface area contributed by atoms with Crippen molar-refractivity contribution in [3.63, 3.8) is 0 Å². The van der Waals surface area contributed by atoms with Gasteiger partial charge in [0.2, 0.25) is 0 Å². The molecular formula is C78H52N2. The average molecular weight is 1020 g/mol. The average Bonchev–Trinajstić information content (AvgIpc) is 4.24. The van der Waals surface area contributed by atoms with E-state index in [1.54, 1.807) is 0 Å². The second-order valence-electron chi connectivity index (χ2n) is 20.9. The Bertz CT molecular complexity index is 4790. The molecule has 0 fully saturated rings. The molecule has 2 aromatic heterocycles. The van der Waals surface area contributed by atoms with Crippen molar-refractivity contribution in [3.8, 4) is 100 Å².